The normalized spacial score (nSPS) is 18.2. The first-order chi connectivity index (χ1) is 11.8. The molecule has 1 aliphatic carbocycles. The molecule has 1 aliphatic rings. The minimum absolute atomic E-state index is 0.0182. The summed E-state index contributed by atoms with van der Waals surface area (Å²) in [7, 11) is 0. The Morgan fingerprint density at radius 1 is 0.917 bits per heavy atom. The molecule has 0 aliphatic heterocycles. The van der Waals surface area contributed by atoms with Crippen LogP contribution in [0.4, 0.5) is 4.79 Å². The van der Waals surface area contributed by atoms with Crippen LogP contribution in [0.25, 0.3) is 0 Å². The molecule has 1 aromatic rings. The summed E-state index contributed by atoms with van der Waals surface area (Å²) in [6.07, 6.45) is 14.2. The van der Waals surface area contributed by atoms with Gasteiger partial charge in [-0.3, -0.25) is 0 Å². The fourth-order valence-electron chi connectivity index (χ4n) is 3.53. The fraction of sp³-hybridized carbons (Fsp3) is 0.667. The number of aryl methyl sites for hydroxylation is 1. The highest BCUT2D eigenvalue weighted by Gasteiger charge is 2.12. The van der Waals surface area contributed by atoms with Crippen molar-refractivity contribution in [2.45, 2.75) is 90.1 Å². The summed E-state index contributed by atoms with van der Waals surface area (Å²) in [5, 5.41) is 6.23. The van der Waals surface area contributed by atoms with Gasteiger partial charge in [-0.25, -0.2) is 4.79 Å². The quantitative estimate of drug-likeness (QED) is 0.758. The van der Waals surface area contributed by atoms with Crippen LogP contribution in [0.3, 0.4) is 0 Å². The van der Waals surface area contributed by atoms with Gasteiger partial charge in [-0.15, -0.1) is 0 Å². The fourth-order valence-corrected chi connectivity index (χ4v) is 3.53. The van der Waals surface area contributed by atoms with Gasteiger partial charge < -0.3 is 10.6 Å². The summed E-state index contributed by atoms with van der Waals surface area (Å²) in [5.41, 5.74) is 2.41. The van der Waals surface area contributed by atoms with Crippen molar-refractivity contribution >= 4 is 6.03 Å². The predicted molar refractivity (Wildman–Crippen MR) is 101 cm³/mol. The number of hydrogen-bond acceptors (Lipinski definition) is 1. The summed E-state index contributed by atoms with van der Waals surface area (Å²) in [6.45, 7) is 2.69. The topological polar surface area (TPSA) is 41.1 Å². The maximum atomic E-state index is 12.2. The molecule has 134 valence electrons. The molecule has 0 unspecified atom stereocenters. The molecular weight excluding hydrogens is 296 g/mol. The third-order valence-corrected chi connectivity index (χ3v) is 5.14. The van der Waals surface area contributed by atoms with E-state index in [0.29, 0.717) is 12.6 Å². The lowest BCUT2D eigenvalue weighted by molar-refractivity contribution is 0.234. The highest BCUT2D eigenvalue weighted by atomic mass is 16.2. The molecule has 24 heavy (non-hydrogen) atoms. The van der Waals surface area contributed by atoms with Crippen molar-refractivity contribution < 1.29 is 4.79 Å². The van der Waals surface area contributed by atoms with Crippen molar-refractivity contribution in [3.63, 3.8) is 0 Å². The summed E-state index contributed by atoms with van der Waals surface area (Å²) in [6, 6.07) is 8.53. The van der Waals surface area contributed by atoms with Gasteiger partial charge in [-0.2, -0.15) is 0 Å². The van der Waals surface area contributed by atoms with E-state index in [2.05, 4.69) is 29.7 Å². The number of rotatable bonds is 3. The lowest BCUT2D eigenvalue weighted by atomic mass is 9.98. The summed E-state index contributed by atoms with van der Waals surface area (Å²) < 4.78 is 0. The Morgan fingerprint density at radius 3 is 2.04 bits per heavy atom. The Bertz CT molecular complexity index is 474. The SMILES string of the molecule is Cc1ccccc1CNC(=O)NC1CCCCCCCCCCC1. The minimum Gasteiger partial charge on any atom is -0.335 e. The Morgan fingerprint density at radius 2 is 1.46 bits per heavy atom. The predicted octanol–water partition coefficient (Wildman–Crippen LogP) is 5.47. The molecule has 0 spiro atoms. The summed E-state index contributed by atoms with van der Waals surface area (Å²) in [4.78, 5) is 12.2. The second kappa shape index (κ2) is 11.1. The third kappa shape index (κ3) is 7.37. The maximum absolute atomic E-state index is 12.2. The third-order valence-electron chi connectivity index (χ3n) is 5.14. The average Bonchev–Trinajstić information content (AvgIpc) is 2.56. The molecule has 3 nitrogen and oxygen atoms in total. The van der Waals surface area contributed by atoms with E-state index in [9.17, 15) is 4.79 Å². The molecule has 0 atom stereocenters. The van der Waals surface area contributed by atoms with Crippen LogP contribution in [0.2, 0.25) is 0 Å². The van der Waals surface area contributed by atoms with Crippen LogP contribution in [0.15, 0.2) is 24.3 Å². The Labute approximate surface area is 147 Å². The second-order valence-corrected chi connectivity index (χ2v) is 7.21. The lowest BCUT2D eigenvalue weighted by Crippen LogP contribution is -2.41. The zero-order valence-corrected chi connectivity index (χ0v) is 15.3. The van der Waals surface area contributed by atoms with E-state index in [1.165, 1.54) is 68.9 Å². The van der Waals surface area contributed by atoms with Crippen molar-refractivity contribution in [1.29, 1.82) is 0 Å². The molecule has 2 N–H and O–H groups in total. The van der Waals surface area contributed by atoms with E-state index in [1.54, 1.807) is 0 Å². The van der Waals surface area contributed by atoms with Crippen molar-refractivity contribution in [1.82, 2.24) is 10.6 Å². The Hall–Kier alpha value is -1.51. The number of amides is 2. The van der Waals surface area contributed by atoms with Crippen LogP contribution < -0.4 is 10.6 Å². The Balaban J connectivity index is 1.75. The summed E-state index contributed by atoms with van der Waals surface area (Å²) in [5.74, 6) is 0. The first kappa shape index (κ1) is 18.8. The van der Waals surface area contributed by atoms with Crippen molar-refractivity contribution in [2.24, 2.45) is 0 Å². The number of carbonyl (C=O) groups excluding carboxylic acids is 1. The first-order valence-corrected chi connectivity index (χ1v) is 9.84. The number of carbonyl (C=O) groups is 1. The molecule has 1 saturated carbocycles. The van der Waals surface area contributed by atoms with E-state index in [1.807, 2.05) is 12.1 Å². The average molecular weight is 331 g/mol. The van der Waals surface area contributed by atoms with E-state index < -0.39 is 0 Å². The van der Waals surface area contributed by atoms with Crippen molar-refractivity contribution in [3.05, 3.63) is 35.4 Å². The zero-order chi connectivity index (χ0) is 17.0. The van der Waals surface area contributed by atoms with Gasteiger partial charge >= 0.3 is 6.03 Å². The van der Waals surface area contributed by atoms with E-state index in [0.717, 1.165) is 12.8 Å². The molecule has 1 aromatic carbocycles. The molecule has 0 heterocycles. The molecule has 2 rings (SSSR count). The molecule has 1 fully saturated rings. The largest absolute Gasteiger partial charge is 0.335 e. The van der Waals surface area contributed by atoms with E-state index in [-0.39, 0.29) is 6.03 Å². The molecule has 0 saturated heterocycles. The number of nitrogens with one attached hydrogen (secondary N) is 2. The molecular formula is C21H34N2O. The maximum Gasteiger partial charge on any atom is 0.315 e. The number of benzene rings is 1. The van der Waals surface area contributed by atoms with Gasteiger partial charge in [0.1, 0.15) is 0 Å². The molecule has 3 heteroatoms. The molecule has 0 radical (unpaired) electrons. The first-order valence-electron chi connectivity index (χ1n) is 9.84. The number of hydrogen-bond donors (Lipinski definition) is 2. The zero-order valence-electron chi connectivity index (χ0n) is 15.3. The van der Waals surface area contributed by atoms with Gasteiger partial charge in [-0.1, -0.05) is 82.1 Å². The summed E-state index contributed by atoms with van der Waals surface area (Å²) >= 11 is 0. The van der Waals surface area contributed by atoms with Gasteiger partial charge in [0.25, 0.3) is 0 Å². The van der Waals surface area contributed by atoms with E-state index in [4.69, 9.17) is 0 Å². The molecule has 0 aromatic heterocycles. The molecule has 2 amide bonds. The second-order valence-electron chi connectivity index (χ2n) is 7.21. The van der Waals surface area contributed by atoms with Gasteiger partial charge in [0.15, 0.2) is 0 Å². The number of urea groups is 1. The minimum atomic E-state index is -0.0182. The van der Waals surface area contributed by atoms with Crippen LogP contribution in [0.1, 0.15) is 81.8 Å². The van der Waals surface area contributed by atoms with Crippen LogP contribution in [-0.2, 0) is 6.54 Å². The smallest absolute Gasteiger partial charge is 0.315 e. The van der Waals surface area contributed by atoms with Crippen molar-refractivity contribution in [3.8, 4) is 0 Å². The standard InChI is InChI=1S/C21H34N2O/c1-18-13-11-12-14-19(18)17-22-21(24)23-20-15-9-7-5-3-2-4-6-8-10-16-20/h11-14,20H,2-10,15-17H2,1H3,(H2,22,23,24). The van der Waals surface area contributed by atoms with Gasteiger partial charge in [0.05, 0.1) is 0 Å². The Kier molecular flexibility index (Phi) is 8.72. The van der Waals surface area contributed by atoms with Crippen LogP contribution in [-0.4, -0.2) is 12.1 Å². The van der Waals surface area contributed by atoms with Gasteiger partial charge in [0.2, 0.25) is 0 Å². The highest BCUT2D eigenvalue weighted by Crippen LogP contribution is 2.17. The lowest BCUT2D eigenvalue weighted by Gasteiger charge is -2.20. The van der Waals surface area contributed by atoms with Crippen LogP contribution >= 0.6 is 0 Å². The van der Waals surface area contributed by atoms with Gasteiger partial charge in [0, 0.05) is 12.6 Å². The van der Waals surface area contributed by atoms with Gasteiger partial charge in [-0.05, 0) is 30.9 Å². The molecule has 0 bridgehead atoms. The highest BCUT2D eigenvalue weighted by molar-refractivity contribution is 5.74. The van der Waals surface area contributed by atoms with E-state index >= 15 is 0 Å². The van der Waals surface area contributed by atoms with Crippen LogP contribution in [0.5, 0.6) is 0 Å². The van der Waals surface area contributed by atoms with Crippen molar-refractivity contribution in [2.75, 3.05) is 0 Å². The van der Waals surface area contributed by atoms with Crippen LogP contribution in [0, 0.1) is 6.92 Å². The monoisotopic (exact) mass is 330 g/mol.